The van der Waals surface area contributed by atoms with Crippen LogP contribution in [-0.2, 0) is 0 Å². The number of hydrogen-bond acceptors (Lipinski definition) is 1. The van der Waals surface area contributed by atoms with E-state index in [4.69, 9.17) is 0 Å². The van der Waals surface area contributed by atoms with Gasteiger partial charge in [0.15, 0.2) is 0 Å². The van der Waals surface area contributed by atoms with E-state index in [-0.39, 0.29) is 0 Å². The van der Waals surface area contributed by atoms with Crippen molar-refractivity contribution < 1.29 is 0 Å². The molecule has 0 fully saturated rings. The first kappa shape index (κ1) is 9.60. The smallest absolute Gasteiger partial charge is 0.0780 e. The van der Waals surface area contributed by atoms with E-state index in [0.29, 0.717) is 0 Å². The molecule has 0 N–H and O–H groups in total. The second-order valence-electron chi connectivity index (χ2n) is 4.52. The molecule has 3 aromatic carbocycles. The summed E-state index contributed by atoms with van der Waals surface area (Å²) in [5.41, 5.74) is 1.08. The van der Waals surface area contributed by atoms with Crippen LogP contribution < -0.4 is 0 Å². The molecular weight excluding hydrogens is 218 g/mol. The lowest BCUT2D eigenvalue weighted by molar-refractivity contribution is 1.43. The molecule has 0 unspecified atom stereocenters. The van der Waals surface area contributed by atoms with Crippen molar-refractivity contribution in [3.63, 3.8) is 0 Å². The highest BCUT2D eigenvalue weighted by Gasteiger charge is 2.04. The van der Waals surface area contributed by atoms with Gasteiger partial charge in [-0.2, -0.15) is 0 Å². The molecule has 4 aromatic rings. The van der Waals surface area contributed by atoms with Crippen LogP contribution >= 0.6 is 0 Å². The van der Waals surface area contributed by atoms with Crippen molar-refractivity contribution in [1.29, 1.82) is 0 Å². The lowest BCUT2D eigenvalue weighted by Gasteiger charge is -2.06. The van der Waals surface area contributed by atoms with Crippen LogP contribution in [0.25, 0.3) is 32.4 Å². The summed E-state index contributed by atoms with van der Waals surface area (Å²) in [5, 5.41) is 6.27. The zero-order chi connectivity index (χ0) is 11.9. The lowest BCUT2D eigenvalue weighted by atomic mass is 10.00. The van der Waals surface area contributed by atoms with Crippen molar-refractivity contribution in [2.24, 2.45) is 0 Å². The Morgan fingerprint density at radius 3 is 2.33 bits per heavy atom. The summed E-state index contributed by atoms with van der Waals surface area (Å²) in [4.78, 5) is 4.52. The Morgan fingerprint density at radius 1 is 0.556 bits per heavy atom. The van der Waals surface area contributed by atoms with Gasteiger partial charge in [0, 0.05) is 17.0 Å². The van der Waals surface area contributed by atoms with E-state index in [1.54, 1.807) is 0 Å². The molecule has 0 amide bonds. The first-order valence-electron chi connectivity index (χ1n) is 6.09. The predicted molar refractivity (Wildman–Crippen MR) is 76.8 cm³/mol. The SMILES string of the molecule is c1ccc2c(c1)ccc1c2ccc2cccnc21. The van der Waals surface area contributed by atoms with Crippen LogP contribution in [0.1, 0.15) is 0 Å². The van der Waals surface area contributed by atoms with E-state index in [9.17, 15) is 0 Å². The highest BCUT2D eigenvalue weighted by Crippen LogP contribution is 2.29. The predicted octanol–water partition coefficient (Wildman–Crippen LogP) is 4.54. The molecule has 0 radical (unpaired) electrons. The topological polar surface area (TPSA) is 12.9 Å². The average molecular weight is 229 g/mol. The molecule has 0 saturated carbocycles. The summed E-state index contributed by atoms with van der Waals surface area (Å²) >= 11 is 0. The standard InChI is InChI=1S/C17H11N/c1-2-6-14-12(4-1)7-10-16-15(14)9-8-13-5-3-11-18-17(13)16/h1-11H. The zero-order valence-corrected chi connectivity index (χ0v) is 9.80. The van der Waals surface area contributed by atoms with E-state index in [1.165, 1.54) is 26.9 Å². The van der Waals surface area contributed by atoms with Gasteiger partial charge in [-0.1, -0.05) is 54.6 Å². The van der Waals surface area contributed by atoms with E-state index in [2.05, 4.69) is 59.6 Å². The molecular formula is C17H11N. The van der Waals surface area contributed by atoms with E-state index < -0.39 is 0 Å². The maximum atomic E-state index is 4.52. The van der Waals surface area contributed by atoms with Crippen LogP contribution in [0, 0.1) is 0 Å². The molecule has 0 aliphatic rings. The minimum atomic E-state index is 1.08. The van der Waals surface area contributed by atoms with Crippen molar-refractivity contribution >= 4 is 32.4 Å². The normalized spacial score (nSPS) is 11.3. The summed E-state index contributed by atoms with van der Waals surface area (Å²) in [6.07, 6.45) is 1.86. The number of hydrogen-bond donors (Lipinski definition) is 0. The van der Waals surface area contributed by atoms with E-state index >= 15 is 0 Å². The van der Waals surface area contributed by atoms with Crippen LogP contribution in [0.4, 0.5) is 0 Å². The van der Waals surface area contributed by atoms with Crippen LogP contribution in [0.2, 0.25) is 0 Å². The van der Waals surface area contributed by atoms with Gasteiger partial charge >= 0.3 is 0 Å². The molecule has 0 aliphatic heterocycles. The summed E-state index contributed by atoms with van der Waals surface area (Å²) in [7, 11) is 0. The second-order valence-corrected chi connectivity index (χ2v) is 4.52. The fourth-order valence-electron chi connectivity index (χ4n) is 2.63. The number of benzene rings is 3. The molecule has 0 spiro atoms. The van der Waals surface area contributed by atoms with Gasteiger partial charge in [-0.3, -0.25) is 4.98 Å². The monoisotopic (exact) mass is 229 g/mol. The molecule has 1 aromatic heterocycles. The minimum absolute atomic E-state index is 1.08. The van der Waals surface area contributed by atoms with Gasteiger partial charge in [-0.05, 0) is 22.2 Å². The van der Waals surface area contributed by atoms with Gasteiger partial charge in [0.2, 0.25) is 0 Å². The fraction of sp³-hybridized carbons (Fsp3) is 0. The summed E-state index contributed by atoms with van der Waals surface area (Å²) in [5.74, 6) is 0. The van der Waals surface area contributed by atoms with Gasteiger partial charge in [-0.15, -0.1) is 0 Å². The number of aromatic nitrogens is 1. The first-order valence-corrected chi connectivity index (χ1v) is 6.09. The molecule has 84 valence electrons. The Balaban J connectivity index is 2.31. The molecule has 18 heavy (non-hydrogen) atoms. The molecule has 1 heterocycles. The maximum absolute atomic E-state index is 4.52. The molecule has 4 rings (SSSR count). The average Bonchev–Trinajstić information content (AvgIpc) is 2.46. The van der Waals surface area contributed by atoms with Crippen LogP contribution in [-0.4, -0.2) is 4.98 Å². The Labute approximate surface area is 105 Å². The van der Waals surface area contributed by atoms with Crippen molar-refractivity contribution in [1.82, 2.24) is 4.98 Å². The highest BCUT2D eigenvalue weighted by molar-refractivity contribution is 6.15. The third-order valence-electron chi connectivity index (χ3n) is 3.49. The lowest BCUT2D eigenvalue weighted by Crippen LogP contribution is -1.82. The Bertz CT molecular complexity index is 803. The number of fused-ring (bicyclic) bond motifs is 5. The van der Waals surface area contributed by atoms with Gasteiger partial charge in [0.05, 0.1) is 5.52 Å². The quantitative estimate of drug-likeness (QED) is 0.403. The maximum Gasteiger partial charge on any atom is 0.0780 e. The van der Waals surface area contributed by atoms with Crippen LogP contribution in [0.15, 0.2) is 66.9 Å². The molecule has 0 saturated heterocycles. The second kappa shape index (κ2) is 3.54. The van der Waals surface area contributed by atoms with Crippen LogP contribution in [0.3, 0.4) is 0 Å². The Hall–Kier alpha value is -2.41. The van der Waals surface area contributed by atoms with Crippen molar-refractivity contribution in [3.05, 3.63) is 66.9 Å². The first-order chi connectivity index (χ1) is 8.93. The van der Waals surface area contributed by atoms with Gasteiger partial charge < -0.3 is 0 Å². The number of rotatable bonds is 0. The molecule has 0 aliphatic carbocycles. The molecule has 1 nitrogen and oxygen atoms in total. The van der Waals surface area contributed by atoms with Crippen LogP contribution in [0.5, 0.6) is 0 Å². The number of pyridine rings is 1. The van der Waals surface area contributed by atoms with E-state index in [1.807, 2.05) is 12.3 Å². The molecule has 0 atom stereocenters. The van der Waals surface area contributed by atoms with Crippen molar-refractivity contribution in [3.8, 4) is 0 Å². The zero-order valence-electron chi connectivity index (χ0n) is 9.80. The van der Waals surface area contributed by atoms with Gasteiger partial charge in [0.25, 0.3) is 0 Å². The fourth-order valence-corrected chi connectivity index (χ4v) is 2.63. The molecule has 0 bridgehead atoms. The number of nitrogens with zero attached hydrogens (tertiary/aromatic N) is 1. The minimum Gasteiger partial charge on any atom is -0.256 e. The summed E-state index contributed by atoms with van der Waals surface area (Å²) in [6, 6.07) is 21.3. The summed E-state index contributed by atoms with van der Waals surface area (Å²) in [6.45, 7) is 0. The molecule has 1 heteroatoms. The summed E-state index contributed by atoms with van der Waals surface area (Å²) < 4.78 is 0. The van der Waals surface area contributed by atoms with Crippen molar-refractivity contribution in [2.75, 3.05) is 0 Å². The Morgan fingerprint density at radius 2 is 1.33 bits per heavy atom. The van der Waals surface area contributed by atoms with Crippen molar-refractivity contribution in [2.45, 2.75) is 0 Å². The highest BCUT2D eigenvalue weighted by atomic mass is 14.6. The third-order valence-corrected chi connectivity index (χ3v) is 3.49. The largest absolute Gasteiger partial charge is 0.256 e. The third kappa shape index (κ3) is 1.25. The van der Waals surface area contributed by atoms with Gasteiger partial charge in [0.1, 0.15) is 0 Å². The van der Waals surface area contributed by atoms with Gasteiger partial charge in [-0.25, -0.2) is 0 Å². The van der Waals surface area contributed by atoms with E-state index in [0.717, 1.165) is 5.52 Å². The Kier molecular flexibility index (Phi) is 1.89.